The predicted molar refractivity (Wildman–Crippen MR) is 103 cm³/mol. The second-order valence-electron chi connectivity index (χ2n) is 6.59. The fourth-order valence-corrected chi connectivity index (χ4v) is 3.81. The summed E-state index contributed by atoms with van der Waals surface area (Å²) in [4.78, 5) is 27.0. The molecule has 2 amide bonds. The summed E-state index contributed by atoms with van der Waals surface area (Å²) in [5.74, 6) is 1.16. The number of nitrogens with one attached hydrogen (secondary N) is 1. The summed E-state index contributed by atoms with van der Waals surface area (Å²) >= 11 is 3.40. The summed E-state index contributed by atoms with van der Waals surface area (Å²) in [5.41, 5.74) is 1.21. The SMILES string of the molecule is O=C(NC1CCN(C(=O)c2ccc3c(c2)OCO3)CC1)c1ccccc1Br. The fraction of sp³-hybridized carbons (Fsp3) is 0.300. The molecule has 1 fully saturated rings. The van der Waals surface area contributed by atoms with E-state index in [9.17, 15) is 9.59 Å². The molecule has 0 aromatic heterocycles. The average Bonchev–Trinajstić information content (AvgIpc) is 3.16. The zero-order valence-electron chi connectivity index (χ0n) is 14.6. The van der Waals surface area contributed by atoms with Gasteiger partial charge in [0.2, 0.25) is 6.79 Å². The van der Waals surface area contributed by atoms with Gasteiger partial charge in [0, 0.05) is 29.2 Å². The highest BCUT2D eigenvalue weighted by atomic mass is 79.9. The number of nitrogens with zero attached hydrogens (tertiary/aromatic N) is 1. The Morgan fingerprint density at radius 3 is 2.56 bits per heavy atom. The highest BCUT2D eigenvalue weighted by Gasteiger charge is 2.26. The van der Waals surface area contributed by atoms with Crippen molar-refractivity contribution in [2.75, 3.05) is 19.9 Å². The van der Waals surface area contributed by atoms with Crippen LogP contribution in [0.4, 0.5) is 0 Å². The number of piperidine rings is 1. The van der Waals surface area contributed by atoms with Crippen LogP contribution in [-0.4, -0.2) is 42.6 Å². The van der Waals surface area contributed by atoms with Gasteiger partial charge < -0.3 is 19.7 Å². The molecule has 0 spiro atoms. The molecule has 0 radical (unpaired) electrons. The standard InChI is InChI=1S/C20H19BrN2O4/c21-16-4-2-1-3-15(16)19(24)22-14-7-9-23(10-8-14)20(25)13-5-6-17-18(11-13)27-12-26-17/h1-6,11,14H,7-10,12H2,(H,22,24). The van der Waals surface area contributed by atoms with Gasteiger partial charge in [-0.25, -0.2) is 0 Å². The van der Waals surface area contributed by atoms with Crippen molar-refractivity contribution in [1.29, 1.82) is 0 Å². The van der Waals surface area contributed by atoms with Crippen molar-refractivity contribution in [2.24, 2.45) is 0 Å². The van der Waals surface area contributed by atoms with Gasteiger partial charge in [-0.1, -0.05) is 12.1 Å². The zero-order valence-corrected chi connectivity index (χ0v) is 16.2. The molecule has 2 aromatic carbocycles. The largest absolute Gasteiger partial charge is 0.454 e. The second kappa shape index (κ2) is 7.60. The van der Waals surface area contributed by atoms with Gasteiger partial charge in [-0.15, -0.1) is 0 Å². The number of hydrogen-bond donors (Lipinski definition) is 1. The molecule has 6 nitrogen and oxygen atoms in total. The van der Waals surface area contributed by atoms with Crippen molar-refractivity contribution in [3.05, 3.63) is 58.1 Å². The Kier molecular flexibility index (Phi) is 5.03. The first-order valence-electron chi connectivity index (χ1n) is 8.86. The lowest BCUT2D eigenvalue weighted by atomic mass is 10.0. The average molecular weight is 431 g/mol. The van der Waals surface area contributed by atoms with Gasteiger partial charge in [-0.05, 0) is 59.1 Å². The molecule has 4 rings (SSSR count). The Morgan fingerprint density at radius 1 is 1.04 bits per heavy atom. The third-order valence-corrected chi connectivity index (χ3v) is 5.55. The molecular formula is C20H19BrN2O4. The van der Waals surface area contributed by atoms with E-state index in [1.54, 1.807) is 24.3 Å². The summed E-state index contributed by atoms with van der Waals surface area (Å²) in [5, 5.41) is 3.07. The zero-order chi connectivity index (χ0) is 18.8. The summed E-state index contributed by atoms with van der Waals surface area (Å²) in [6, 6.07) is 12.7. The minimum atomic E-state index is -0.0944. The summed E-state index contributed by atoms with van der Waals surface area (Å²) < 4.78 is 11.4. The minimum absolute atomic E-state index is 0.0242. The van der Waals surface area contributed by atoms with E-state index in [2.05, 4.69) is 21.2 Å². The van der Waals surface area contributed by atoms with Gasteiger partial charge >= 0.3 is 0 Å². The number of carbonyl (C=O) groups excluding carboxylic acids is 2. The molecule has 1 N–H and O–H groups in total. The second-order valence-corrected chi connectivity index (χ2v) is 7.44. The summed E-state index contributed by atoms with van der Waals surface area (Å²) in [7, 11) is 0. The van der Waals surface area contributed by atoms with Crippen LogP contribution in [0.2, 0.25) is 0 Å². The number of halogens is 1. The number of ether oxygens (including phenoxy) is 2. The molecule has 0 saturated carbocycles. The molecule has 2 aromatic rings. The molecule has 2 aliphatic heterocycles. The van der Waals surface area contributed by atoms with Crippen LogP contribution in [0, 0.1) is 0 Å². The van der Waals surface area contributed by atoms with Crippen LogP contribution in [0.25, 0.3) is 0 Å². The quantitative estimate of drug-likeness (QED) is 0.811. The van der Waals surface area contributed by atoms with E-state index in [0.717, 1.165) is 17.3 Å². The van der Waals surface area contributed by atoms with E-state index < -0.39 is 0 Å². The smallest absolute Gasteiger partial charge is 0.253 e. The lowest BCUT2D eigenvalue weighted by molar-refractivity contribution is 0.0697. The molecule has 140 valence electrons. The molecule has 7 heteroatoms. The first kappa shape index (κ1) is 17.9. The van der Waals surface area contributed by atoms with Crippen LogP contribution >= 0.6 is 15.9 Å². The van der Waals surface area contributed by atoms with Gasteiger partial charge in [-0.2, -0.15) is 0 Å². The Balaban J connectivity index is 1.34. The molecular weight excluding hydrogens is 412 g/mol. The van der Waals surface area contributed by atoms with Crippen LogP contribution < -0.4 is 14.8 Å². The van der Waals surface area contributed by atoms with E-state index in [1.807, 2.05) is 23.1 Å². The number of fused-ring (bicyclic) bond motifs is 1. The highest BCUT2D eigenvalue weighted by Crippen LogP contribution is 2.33. The number of hydrogen-bond acceptors (Lipinski definition) is 4. The van der Waals surface area contributed by atoms with Gasteiger partial charge in [0.25, 0.3) is 11.8 Å². The van der Waals surface area contributed by atoms with Gasteiger partial charge in [0.05, 0.1) is 5.56 Å². The van der Waals surface area contributed by atoms with Crippen LogP contribution in [0.3, 0.4) is 0 Å². The normalized spacial score (nSPS) is 16.3. The predicted octanol–water partition coefficient (Wildman–Crippen LogP) is 3.21. The Labute approximate surface area is 165 Å². The van der Waals surface area contributed by atoms with Crippen LogP contribution in [0.1, 0.15) is 33.6 Å². The number of benzene rings is 2. The topological polar surface area (TPSA) is 67.9 Å². The lowest BCUT2D eigenvalue weighted by Crippen LogP contribution is -2.46. The van der Waals surface area contributed by atoms with Crippen LogP contribution in [0.15, 0.2) is 46.9 Å². The first-order chi connectivity index (χ1) is 13.1. The molecule has 0 bridgehead atoms. The third-order valence-electron chi connectivity index (χ3n) is 4.86. The van der Waals surface area contributed by atoms with Crippen LogP contribution in [-0.2, 0) is 0 Å². The molecule has 2 aliphatic rings. The van der Waals surface area contributed by atoms with Crippen molar-refractivity contribution in [3.8, 4) is 11.5 Å². The molecule has 0 unspecified atom stereocenters. The Bertz CT molecular complexity index is 878. The van der Waals surface area contributed by atoms with Crippen molar-refractivity contribution in [2.45, 2.75) is 18.9 Å². The van der Waals surface area contributed by atoms with Crippen molar-refractivity contribution in [1.82, 2.24) is 10.2 Å². The first-order valence-corrected chi connectivity index (χ1v) is 9.65. The van der Waals surface area contributed by atoms with Crippen molar-refractivity contribution in [3.63, 3.8) is 0 Å². The Morgan fingerprint density at radius 2 is 1.78 bits per heavy atom. The number of carbonyl (C=O) groups is 2. The van der Waals surface area contributed by atoms with Gasteiger partial charge in [0.15, 0.2) is 11.5 Å². The maximum absolute atomic E-state index is 12.7. The van der Waals surface area contributed by atoms with Crippen LogP contribution in [0.5, 0.6) is 11.5 Å². The highest BCUT2D eigenvalue weighted by molar-refractivity contribution is 9.10. The minimum Gasteiger partial charge on any atom is -0.454 e. The van der Waals surface area contributed by atoms with Crippen molar-refractivity contribution >= 4 is 27.7 Å². The van der Waals surface area contributed by atoms with E-state index in [0.29, 0.717) is 35.7 Å². The van der Waals surface area contributed by atoms with Gasteiger partial charge in [-0.3, -0.25) is 9.59 Å². The summed E-state index contributed by atoms with van der Waals surface area (Å²) in [6.45, 7) is 1.40. The monoisotopic (exact) mass is 430 g/mol. The molecule has 2 heterocycles. The maximum atomic E-state index is 12.7. The summed E-state index contributed by atoms with van der Waals surface area (Å²) in [6.07, 6.45) is 1.46. The van der Waals surface area contributed by atoms with E-state index in [-0.39, 0.29) is 24.6 Å². The maximum Gasteiger partial charge on any atom is 0.253 e. The van der Waals surface area contributed by atoms with E-state index >= 15 is 0 Å². The van der Waals surface area contributed by atoms with Crippen molar-refractivity contribution < 1.29 is 19.1 Å². The molecule has 27 heavy (non-hydrogen) atoms. The molecule has 0 atom stereocenters. The number of amides is 2. The van der Waals surface area contributed by atoms with E-state index in [1.165, 1.54) is 0 Å². The molecule has 0 aliphatic carbocycles. The number of likely N-dealkylation sites (tertiary alicyclic amines) is 1. The lowest BCUT2D eigenvalue weighted by Gasteiger charge is -2.32. The third kappa shape index (κ3) is 3.78. The fourth-order valence-electron chi connectivity index (χ4n) is 3.35. The Hall–Kier alpha value is -2.54. The van der Waals surface area contributed by atoms with E-state index in [4.69, 9.17) is 9.47 Å². The number of rotatable bonds is 3. The van der Waals surface area contributed by atoms with Gasteiger partial charge in [0.1, 0.15) is 0 Å². The molecule has 1 saturated heterocycles.